The van der Waals surface area contributed by atoms with E-state index in [1.165, 1.54) is 12.1 Å². The number of nitro benzene ring substituents is 1. The van der Waals surface area contributed by atoms with Gasteiger partial charge < -0.3 is 10.0 Å². The zero-order valence-electron chi connectivity index (χ0n) is 11.6. The van der Waals surface area contributed by atoms with E-state index in [0.717, 1.165) is 0 Å². The van der Waals surface area contributed by atoms with E-state index in [9.17, 15) is 20.0 Å². The van der Waals surface area contributed by atoms with E-state index in [1.807, 2.05) is 0 Å². The van der Waals surface area contributed by atoms with E-state index in [2.05, 4.69) is 0 Å². The number of benzene rings is 1. The molecule has 7 heteroatoms. The Morgan fingerprint density at radius 1 is 1.62 bits per heavy atom. The summed E-state index contributed by atoms with van der Waals surface area (Å²) in [6, 6.07) is 6.22. The molecule has 1 fully saturated rings. The first-order valence-electron chi connectivity index (χ1n) is 6.66. The predicted octanol–water partition coefficient (Wildman–Crippen LogP) is 2.30. The molecule has 1 heterocycles. The Kier molecular flexibility index (Phi) is 3.80. The van der Waals surface area contributed by atoms with Crippen molar-refractivity contribution >= 4 is 17.3 Å². The van der Waals surface area contributed by atoms with Crippen LogP contribution in [0.5, 0.6) is 0 Å². The minimum absolute atomic E-state index is 0.0557. The number of anilines is 1. The molecule has 1 atom stereocenters. The molecule has 1 aliphatic rings. The first-order chi connectivity index (χ1) is 9.97. The predicted molar refractivity (Wildman–Crippen MR) is 75.0 cm³/mol. The third kappa shape index (κ3) is 2.18. The van der Waals surface area contributed by atoms with E-state index in [0.29, 0.717) is 25.8 Å². The monoisotopic (exact) mass is 289 g/mol. The van der Waals surface area contributed by atoms with Crippen LogP contribution in [0.4, 0.5) is 11.4 Å². The summed E-state index contributed by atoms with van der Waals surface area (Å²) in [6.07, 6.45) is 1.43. The van der Waals surface area contributed by atoms with Gasteiger partial charge in [0.05, 0.1) is 4.92 Å². The molecule has 1 aromatic carbocycles. The van der Waals surface area contributed by atoms with Crippen molar-refractivity contribution in [1.82, 2.24) is 0 Å². The van der Waals surface area contributed by atoms with Crippen LogP contribution in [0.3, 0.4) is 0 Å². The van der Waals surface area contributed by atoms with Gasteiger partial charge in [-0.2, -0.15) is 5.26 Å². The number of hydrogen-bond acceptors (Lipinski definition) is 5. The summed E-state index contributed by atoms with van der Waals surface area (Å²) in [5, 5.41) is 29.9. The minimum atomic E-state index is -1.14. The molecular formula is C14H15N3O4. The van der Waals surface area contributed by atoms with Crippen molar-refractivity contribution in [3.63, 3.8) is 0 Å². The van der Waals surface area contributed by atoms with Gasteiger partial charge in [0.1, 0.15) is 22.9 Å². The Morgan fingerprint density at radius 3 is 2.86 bits per heavy atom. The lowest BCUT2D eigenvalue weighted by Gasteiger charge is -2.35. The maximum Gasteiger partial charge on any atom is 0.329 e. The zero-order chi connectivity index (χ0) is 15.6. The molecule has 1 unspecified atom stereocenters. The number of hydrogen-bond donors (Lipinski definition) is 1. The maximum atomic E-state index is 11.7. The average Bonchev–Trinajstić information content (AvgIpc) is 2.91. The molecule has 0 spiro atoms. The lowest BCUT2D eigenvalue weighted by atomic mass is 9.92. The van der Waals surface area contributed by atoms with Crippen LogP contribution >= 0.6 is 0 Å². The second-order valence-electron chi connectivity index (χ2n) is 4.99. The van der Waals surface area contributed by atoms with Crippen LogP contribution in [0.2, 0.25) is 0 Å². The number of carbonyl (C=O) groups is 1. The minimum Gasteiger partial charge on any atom is -0.479 e. The molecule has 2 rings (SSSR count). The molecule has 0 aromatic heterocycles. The molecular weight excluding hydrogens is 274 g/mol. The number of nitrogens with zero attached hydrogens (tertiary/aromatic N) is 3. The lowest BCUT2D eigenvalue weighted by molar-refractivity contribution is -0.384. The van der Waals surface area contributed by atoms with Crippen LogP contribution in [0.15, 0.2) is 18.2 Å². The van der Waals surface area contributed by atoms with E-state index >= 15 is 0 Å². The van der Waals surface area contributed by atoms with Gasteiger partial charge in [0.25, 0.3) is 0 Å². The number of aliphatic carboxylic acids is 1. The van der Waals surface area contributed by atoms with Crippen molar-refractivity contribution in [1.29, 1.82) is 5.26 Å². The topological polar surface area (TPSA) is 107 Å². The van der Waals surface area contributed by atoms with Gasteiger partial charge in [-0.15, -0.1) is 0 Å². The summed E-state index contributed by atoms with van der Waals surface area (Å²) >= 11 is 0. The second-order valence-corrected chi connectivity index (χ2v) is 4.99. The van der Waals surface area contributed by atoms with Gasteiger partial charge in [0.2, 0.25) is 0 Å². The molecule has 0 amide bonds. The Morgan fingerprint density at radius 2 is 2.33 bits per heavy atom. The first kappa shape index (κ1) is 14.8. The molecule has 1 saturated heterocycles. The Balaban J connectivity index is 2.64. The van der Waals surface area contributed by atoms with Crippen LogP contribution in [0.1, 0.15) is 31.7 Å². The van der Waals surface area contributed by atoms with Crippen molar-refractivity contribution in [3.8, 4) is 6.07 Å². The molecule has 110 valence electrons. The lowest BCUT2D eigenvalue weighted by Crippen LogP contribution is -2.50. The second kappa shape index (κ2) is 5.40. The van der Waals surface area contributed by atoms with Crippen LogP contribution in [-0.2, 0) is 4.79 Å². The summed E-state index contributed by atoms with van der Waals surface area (Å²) in [4.78, 5) is 24.0. The Labute approximate surface area is 121 Å². The highest BCUT2D eigenvalue weighted by molar-refractivity contribution is 5.86. The molecule has 0 bridgehead atoms. The van der Waals surface area contributed by atoms with Gasteiger partial charge in [-0.25, -0.2) is 4.79 Å². The molecule has 0 saturated carbocycles. The number of rotatable bonds is 4. The molecule has 21 heavy (non-hydrogen) atoms. The molecule has 1 aromatic rings. The van der Waals surface area contributed by atoms with Crippen molar-refractivity contribution in [3.05, 3.63) is 33.9 Å². The molecule has 7 nitrogen and oxygen atoms in total. The summed E-state index contributed by atoms with van der Waals surface area (Å²) in [6.45, 7) is 2.18. The fraction of sp³-hybridized carbons (Fsp3) is 0.429. The highest BCUT2D eigenvalue weighted by Crippen LogP contribution is 2.42. The smallest absolute Gasteiger partial charge is 0.329 e. The molecule has 0 radical (unpaired) electrons. The average molecular weight is 289 g/mol. The number of carboxylic acid groups (broad SMARTS) is 1. The van der Waals surface area contributed by atoms with E-state index in [4.69, 9.17) is 5.26 Å². The molecule has 0 aliphatic carbocycles. The van der Waals surface area contributed by atoms with Crippen LogP contribution in [0.25, 0.3) is 0 Å². The van der Waals surface area contributed by atoms with Crippen molar-refractivity contribution in [2.45, 2.75) is 31.7 Å². The molecule has 1 N–H and O–H groups in total. The largest absolute Gasteiger partial charge is 0.479 e. The third-order valence-corrected chi connectivity index (χ3v) is 4.08. The fourth-order valence-electron chi connectivity index (χ4n) is 3.00. The third-order valence-electron chi connectivity index (χ3n) is 4.08. The quantitative estimate of drug-likeness (QED) is 0.673. The van der Waals surface area contributed by atoms with Gasteiger partial charge in [0.15, 0.2) is 0 Å². The van der Waals surface area contributed by atoms with Gasteiger partial charge in [-0.05, 0) is 31.4 Å². The Hall–Kier alpha value is -2.62. The molecule has 1 aliphatic heterocycles. The van der Waals surface area contributed by atoms with Crippen molar-refractivity contribution < 1.29 is 14.8 Å². The van der Waals surface area contributed by atoms with E-state index in [1.54, 1.807) is 24.0 Å². The maximum absolute atomic E-state index is 11.7. The number of para-hydroxylation sites is 1. The highest BCUT2D eigenvalue weighted by atomic mass is 16.6. The highest BCUT2D eigenvalue weighted by Gasteiger charge is 2.48. The zero-order valence-corrected chi connectivity index (χ0v) is 11.6. The van der Waals surface area contributed by atoms with Crippen LogP contribution < -0.4 is 4.90 Å². The summed E-state index contributed by atoms with van der Waals surface area (Å²) in [5.41, 5.74) is -1.31. The van der Waals surface area contributed by atoms with Gasteiger partial charge in [-0.3, -0.25) is 10.1 Å². The summed E-state index contributed by atoms with van der Waals surface area (Å²) in [5.74, 6) is -0.987. The van der Waals surface area contributed by atoms with Crippen LogP contribution in [-0.4, -0.2) is 28.1 Å². The van der Waals surface area contributed by atoms with E-state index < -0.39 is 16.4 Å². The van der Waals surface area contributed by atoms with Crippen molar-refractivity contribution in [2.24, 2.45) is 0 Å². The van der Waals surface area contributed by atoms with Crippen LogP contribution in [0, 0.1) is 21.4 Å². The Bertz CT molecular complexity index is 638. The fourth-order valence-corrected chi connectivity index (χ4v) is 3.00. The number of nitro groups is 1. The van der Waals surface area contributed by atoms with Crippen molar-refractivity contribution in [2.75, 3.05) is 11.4 Å². The summed E-state index contributed by atoms with van der Waals surface area (Å²) < 4.78 is 0. The first-order valence-corrected chi connectivity index (χ1v) is 6.66. The standard InChI is InChI=1S/C14H15N3O4/c1-2-14(13(18)19)7-4-8-16(14)11-6-3-5-10(9-15)12(11)17(20)21/h3,5-6H,2,4,7-8H2,1H3,(H,18,19). The SMILES string of the molecule is CCC1(C(=O)O)CCCN1c1cccc(C#N)c1[N+](=O)[O-]. The normalized spacial score (nSPS) is 21.0. The number of carboxylic acids is 1. The van der Waals surface area contributed by atoms with Gasteiger partial charge >= 0.3 is 11.7 Å². The van der Waals surface area contributed by atoms with Gasteiger partial charge in [0, 0.05) is 6.54 Å². The number of nitriles is 1. The van der Waals surface area contributed by atoms with Gasteiger partial charge in [-0.1, -0.05) is 13.0 Å². The summed E-state index contributed by atoms with van der Waals surface area (Å²) in [7, 11) is 0. The van der Waals surface area contributed by atoms with E-state index in [-0.39, 0.29) is 16.9 Å².